The summed E-state index contributed by atoms with van der Waals surface area (Å²) in [6.07, 6.45) is 1.69. The summed E-state index contributed by atoms with van der Waals surface area (Å²) in [5, 5.41) is 21.2. The lowest BCUT2D eigenvalue weighted by Gasteiger charge is -2.31. The van der Waals surface area contributed by atoms with Gasteiger partial charge in [-0.2, -0.15) is 0 Å². The lowest BCUT2D eigenvalue weighted by atomic mass is 9.98. The minimum atomic E-state index is -1.25. The molecule has 3 N–H and O–H groups in total. The standard InChI is InChI=1S/C22H25ClN2O7S/c1-2-24-22(30)25-8-6-13(7-9-25)11-31-15-5-3-4-14(10-15)19-17(23)18(32-12-16(26)27)20(33-19)21(28)29/h3-5,10,13H,2,6-9,11-12H2,1H3,(H,24,30)(H,26,27)(H,28,29). The Morgan fingerprint density at radius 2 is 1.94 bits per heavy atom. The molecule has 1 fully saturated rings. The molecule has 0 unspecified atom stereocenters. The van der Waals surface area contributed by atoms with Gasteiger partial charge in [0.05, 0.1) is 11.5 Å². The molecule has 0 bridgehead atoms. The normalized spacial score (nSPS) is 14.1. The van der Waals surface area contributed by atoms with Gasteiger partial charge in [0.2, 0.25) is 0 Å². The molecule has 1 saturated heterocycles. The van der Waals surface area contributed by atoms with Gasteiger partial charge in [-0.1, -0.05) is 23.7 Å². The fourth-order valence-corrected chi connectivity index (χ4v) is 4.89. The number of hydrogen-bond acceptors (Lipinski definition) is 6. The number of nitrogens with zero attached hydrogens (tertiary/aromatic N) is 1. The number of ether oxygens (including phenoxy) is 2. The van der Waals surface area contributed by atoms with E-state index in [1.807, 2.05) is 11.8 Å². The van der Waals surface area contributed by atoms with Crippen LogP contribution in [0.2, 0.25) is 5.02 Å². The van der Waals surface area contributed by atoms with E-state index in [0.29, 0.717) is 48.3 Å². The van der Waals surface area contributed by atoms with Crippen LogP contribution in [-0.4, -0.2) is 65.9 Å². The molecule has 178 valence electrons. The van der Waals surface area contributed by atoms with E-state index in [9.17, 15) is 19.5 Å². The highest BCUT2D eigenvalue weighted by Crippen LogP contribution is 2.46. The molecule has 2 amide bonds. The van der Waals surface area contributed by atoms with Crippen LogP contribution in [0.3, 0.4) is 0 Å². The smallest absolute Gasteiger partial charge is 0.349 e. The monoisotopic (exact) mass is 496 g/mol. The Kier molecular flexibility index (Phi) is 8.40. The van der Waals surface area contributed by atoms with Gasteiger partial charge in [0.1, 0.15) is 10.8 Å². The van der Waals surface area contributed by atoms with Crippen LogP contribution in [0.4, 0.5) is 4.79 Å². The minimum absolute atomic E-state index is 0.0372. The van der Waals surface area contributed by atoms with Crippen molar-refractivity contribution in [2.75, 3.05) is 32.8 Å². The molecule has 0 atom stereocenters. The molecule has 1 aliphatic heterocycles. The number of piperidine rings is 1. The van der Waals surface area contributed by atoms with Gasteiger partial charge in [0.15, 0.2) is 17.2 Å². The second-order valence-electron chi connectivity index (χ2n) is 7.50. The Balaban J connectivity index is 1.67. The largest absolute Gasteiger partial charge is 0.493 e. The number of urea groups is 1. The maximum absolute atomic E-state index is 11.9. The molecular weight excluding hydrogens is 472 g/mol. The van der Waals surface area contributed by atoms with Crippen LogP contribution in [0.15, 0.2) is 24.3 Å². The Labute approximate surface area is 199 Å². The fourth-order valence-electron chi connectivity index (χ4n) is 3.49. The van der Waals surface area contributed by atoms with Gasteiger partial charge >= 0.3 is 18.0 Å². The summed E-state index contributed by atoms with van der Waals surface area (Å²) < 4.78 is 11.1. The zero-order valence-corrected chi connectivity index (χ0v) is 19.6. The van der Waals surface area contributed by atoms with Gasteiger partial charge in [-0.25, -0.2) is 14.4 Å². The van der Waals surface area contributed by atoms with E-state index in [-0.39, 0.29) is 21.7 Å². The number of amides is 2. The predicted molar refractivity (Wildman–Crippen MR) is 124 cm³/mol. The summed E-state index contributed by atoms with van der Waals surface area (Å²) in [7, 11) is 0. The number of thiophene rings is 1. The molecule has 0 spiro atoms. The van der Waals surface area contributed by atoms with Crippen LogP contribution < -0.4 is 14.8 Å². The van der Waals surface area contributed by atoms with Gasteiger partial charge < -0.3 is 29.9 Å². The molecule has 9 nitrogen and oxygen atoms in total. The van der Waals surface area contributed by atoms with Gasteiger partial charge in [-0.3, -0.25) is 0 Å². The third-order valence-corrected chi connectivity index (χ3v) is 6.84. The number of nitrogens with one attached hydrogen (secondary N) is 1. The number of likely N-dealkylation sites (tertiary alicyclic amines) is 1. The third kappa shape index (κ3) is 6.29. The Morgan fingerprint density at radius 1 is 1.21 bits per heavy atom. The first kappa shape index (κ1) is 24.7. The average Bonchev–Trinajstić information content (AvgIpc) is 3.13. The van der Waals surface area contributed by atoms with E-state index in [1.165, 1.54) is 0 Å². The molecule has 2 aromatic rings. The first-order valence-electron chi connectivity index (χ1n) is 10.5. The summed E-state index contributed by atoms with van der Waals surface area (Å²) in [4.78, 5) is 36.4. The number of carboxylic acid groups (broad SMARTS) is 2. The maximum atomic E-state index is 11.9. The minimum Gasteiger partial charge on any atom is -0.493 e. The first-order valence-corrected chi connectivity index (χ1v) is 11.7. The highest BCUT2D eigenvalue weighted by Gasteiger charge is 2.25. The lowest BCUT2D eigenvalue weighted by molar-refractivity contribution is -0.139. The second kappa shape index (κ2) is 11.2. The third-order valence-electron chi connectivity index (χ3n) is 5.15. The van der Waals surface area contributed by atoms with Crippen LogP contribution in [0, 0.1) is 5.92 Å². The summed E-state index contributed by atoms with van der Waals surface area (Å²) in [6.45, 7) is 3.66. The van der Waals surface area contributed by atoms with Crippen LogP contribution in [0.25, 0.3) is 10.4 Å². The molecule has 1 aromatic heterocycles. The number of aliphatic carboxylic acids is 1. The lowest BCUT2D eigenvalue weighted by Crippen LogP contribution is -2.45. The molecule has 1 aliphatic rings. The number of carbonyl (C=O) groups is 3. The van der Waals surface area contributed by atoms with Crippen molar-refractivity contribution < 1.29 is 34.1 Å². The number of benzene rings is 1. The van der Waals surface area contributed by atoms with Gasteiger partial charge in [-0.15, -0.1) is 11.3 Å². The highest BCUT2D eigenvalue weighted by molar-refractivity contribution is 7.18. The topological polar surface area (TPSA) is 125 Å². The van der Waals surface area contributed by atoms with Crippen molar-refractivity contribution in [3.63, 3.8) is 0 Å². The average molecular weight is 497 g/mol. The van der Waals surface area contributed by atoms with E-state index in [1.54, 1.807) is 24.3 Å². The molecular formula is C22H25ClN2O7S. The zero-order chi connectivity index (χ0) is 24.0. The number of carbonyl (C=O) groups excluding carboxylic acids is 1. The van der Waals surface area contributed by atoms with E-state index in [0.717, 1.165) is 24.2 Å². The molecule has 11 heteroatoms. The molecule has 0 aliphatic carbocycles. The summed E-state index contributed by atoms with van der Waals surface area (Å²) in [5.41, 5.74) is 0.640. The van der Waals surface area contributed by atoms with Gasteiger partial charge in [-0.05, 0) is 43.4 Å². The van der Waals surface area contributed by atoms with E-state index in [4.69, 9.17) is 26.2 Å². The van der Waals surface area contributed by atoms with E-state index < -0.39 is 18.5 Å². The summed E-state index contributed by atoms with van der Waals surface area (Å²) >= 11 is 7.27. The molecule has 2 heterocycles. The SMILES string of the molecule is CCNC(=O)N1CCC(COc2cccc(-c3sc(C(=O)O)c(OCC(=O)O)c3Cl)c2)CC1. The van der Waals surface area contributed by atoms with Crippen molar-refractivity contribution in [1.29, 1.82) is 0 Å². The molecule has 33 heavy (non-hydrogen) atoms. The van der Waals surface area contributed by atoms with Crippen molar-refractivity contribution in [1.82, 2.24) is 10.2 Å². The quantitative estimate of drug-likeness (QED) is 0.478. The van der Waals surface area contributed by atoms with Crippen molar-refractivity contribution in [2.45, 2.75) is 19.8 Å². The fraction of sp³-hybridized carbons (Fsp3) is 0.409. The Morgan fingerprint density at radius 3 is 2.58 bits per heavy atom. The number of carboxylic acids is 2. The zero-order valence-electron chi connectivity index (χ0n) is 18.0. The Bertz CT molecular complexity index is 1020. The predicted octanol–water partition coefficient (Wildman–Crippen LogP) is 4.05. The van der Waals surface area contributed by atoms with Crippen molar-refractivity contribution in [3.05, 3.63) is 34.2 Å². The van der Waals surface area contributed by atoms with Crippen molar-refractivity contribution >= 4 is 40.9 Å². The van der Waals surface area contributed by atoms with Crippen molar-refractivity contribution in [3.8, 4) is 21.9 Å². The van der Waals surface area contributed by atoms with Gasteiger partial charge in [0, 0.05) is 19.6 Å². The van der Waals surface area contributed by atoms with Crippen LogP contribution >= 0.6 is 22.9 Å². The van der Waals surface area contributed by atoms with Crippen molar-refractivity contribution in [2.24, 2.45) is 5.92 Å². The summed E-state index contributed by atoms with van der Waals surface area (Å²) in [5.74, 6) is -1.72. The highest BCUT2D eigenvalue weighted by atomic mass is 35.5. The van der Waals surface area contributed by atoms with E-state index in [2.05, 4.69) is 5.32 Å². The van der Waals surface area contributed by atoms with Gasteiger partial charge in [0.25, 0.3) is 0 Å². The molecule has 1 aromatic carbocycles. The Hall–Kier alpha value is -2.98. The van der Waals surface area contributed by atoms with Crippen LogP contribution in [0.1, 0.15) is 29.4 Å². The van der Waals surface area contributed by atoms with Crippen LogP contribution in [-0.2, 0) is 4.79 Å². The molecule has 3 rings (SSSR count). The maximum Gasteiger partial charge on any atom is 0.349 e. The number of halogens is 1. The number of rotatable bonds is 9. The summed E-state index contributed by atoms with van der Waals surface area (Å²) in [6, 6.07) is 7.06. The van der Waals surface area contributed by atoms with Crippen LogP contribution in [0.5, 0.6) is 11.5 Å². The van der Waals surface area contributed by atoms with E-state index >= 15 is 0 Å². The first-order chi connectivity index (χ1) is 15.8. The second-order valence-corrected chi connectivity index (χ2v) is 8.89. The number of hydrogen-bond donors (Lipinski definition) is 3. The molecule has 0 saturated carbocycles. The molecule has 0 radical (unpaired) electrons. The number of aromatic carboxylic acids is 1.